The fourth-order valence-electron chi connectivity index (χ4n) is 2.70. The van der Waals surface area contributed by atoms with Gasteiger partial charge in [-0.2, -0.15) is 0 Å². The Hall–Kier alpha value is -1.88. The summed E-state index contributed by atoms with van der Waals surface area (Å²) < 4.78 is 6.86. The first-order valence-corrected chi connectivity index (χ1v) is 6.56. The molecule has 4 atom stereocenters. The van der Waals surface area contributed by atoms with Crippen molar-refractivity contribution in [1.29, 1.82) is 0 Å². The third kappa shape index (κ3) is 2.42. The minimum atomic E-state index is -1.07. The Kier molecular flexibility index (Phi) is 4.05. The van der Waals surface area contributed by atoms with Gasteiger partial charge < -0.3 is 14.9 Å². The molecule has 0 bridgehead atoms. The minimum absolute atomic E-state index is 0.392. The number of nitrogens with zero attached hydrogens (tertiary/aromatic N) is 1. The maximum absolute atomic E-state index is 12.1. The molecule has 2 heterocycles. The van der Waals surface area contributed by atoms with Gasteiger partial charge in [0.1, 0.15) is 17.6 Å². The van der Waals surface area contributed by atoms with Gasteiger partial charge in [-0.15, -0.1) is 5.92 Å². The molecule has 1 fully saturated rings. The first-order chi connectivity index (χ1) is 9.85. The summed E-state index contributed by atoms with van der Waals surface area (Å²) in [6.07, 6.45) is -2.81. The normalized spacial score (nSPS) is 31.8. The molecule has 2 rings (SSSR count). The SMILES string of the molecule is CC#C[C@@]1(C)C(O)[C@@H](CO)O[C@H]1n1c(C)cc(=O)[nH]c1=O. The van der Waals surface area contributed by atoms with E-state index in [2.05, 4.69) is 16.8 Å². The maximum atomic E-state index is 12.1. The largest absolute Gasteiger partial charge is 0.394 e. The third-order valence-corrected chi connectivity index (χ3v) is 3.76. The highest BCUT2D eigenvalue weighted by molar-refractivity contribution is 5.19. The Labute approximate surface area is 121 Å². The van der Waals surface area contributed by atoms with Gasteiger partial charge in [0.25, 0.3) is 5.56 Å². The Morgan fingerprint density at radius 1 is 1.52 bits per heavy atom. The van der Waals surface area contributed by atoms with Crippen LogP contribution < -0.4 is 11.2 Å². The molecular formula is C14H18N2O5. The predicted octanol–water partition coefficient (Wildman–Crippen LogP) is -0.875. The molecule has 7 heteroatoms. The molecule has 0 saturated carbocycles. The van der Waals surface area contributed by atoms with E-state index in [0.29, 0.717) is 5.69 Å². The second-order valence-corrected chi connectivity index (χ2v) is 5.26. The summed E-state index contributed by atoms with van der Waals surface area (Å²) in [6, 6.07) is 1.27. The smallest absolute Gasteiger partial charge is 0.330 e. The van der Waals surface area contributed by atoms with Gasteiger partial charge in [0.15, 0.2) is 6.23 Å². The van der Waals surface area contributed by atoms with E-state index in [1.54, 1.807) is 20.8 Å². The lowest BCUT2D eigenvalue weighted by Gasteiger charge is -2.29. The molecule has 7 nitrogen and oxygen atoms in total. The summed E-state index contributed by atoms with van der Waals surface area (Å²) in [7, 11) is 0. The van der Waals surface area contributed by atoms with E-state index in [4.69, 9.17) is 4.74 Å². The summed E-state index contributed by atoms with van der Waals surface area (Å²) in [5.41, 5.74) is -1.83. The number of hydrogen-bond acceptors (Lipinski definition) is 5. The number of aromatic amines is 1. The molecule has 1 aromatic rings. The average Bonchev–Trinajstić information content (AvgIpc) is 2.63. The lowest BCUT2D eigenvalue weighted by atomic mass is 9.82. The lowest BCUT2D eigenvalue weighted by molar-refractivity contribution is -0.0510. The van der Waals surface area contributed by atoms with Crippen molar-refractivity contribution in [2.24, 2.45) is 5.41 Å². The van der Waals surface area contributed by atoms with Gasteiger partial charge in [-0.1, -0.05) is 5.92 Å². The molecular weight excluding hydrogens is 276 g/mol. The molecule has 0 amide bonds. The van der Waals surface area contributed by atoms with Crippen molar-refractivity contribution in [2.45, 2.75) is 39.2 Å². The quantitative estimate of drug-likeness (QED) is 0.615. The lowest BCUT2D eigenvalue weighted by Crippen LogP contribution is -2.42. The highest BCUT2D eigenvalue weighted by Crippen LogP contribution is 2.44. The number of aliphatic hydroxyl groups excluding tert-OH is 2. The second-order valence-electron chi connectivity index (χ2n) is 5.26. The van der Waals surface area contributed by atoms with E-state index < -0.39 is 41.7 Å². The minimum Gasteiger partial charge on any atom is -0.394 e. The molecule has 1 aliphatic heterocycles. The van der Waals surface area contributed by atoms with Crippen molar-refractivity contribution in [3.8, 4) is 11.8 Å². The summed E-state index contributed by atoms with van der Waals surface area (Å²) in [4.78, 5) is 25.6. The van der Waals surface area contributed by atoms with E-state index in [-0.39, 0.29) is 0 Å². The van der Waals surface area contributed by atoms with Crippen LogP contribution >= 0.6 is 0 Å². The number of nitrogens with one attached hydrogen (secondary N) is 1. The second kappa shape index (κ2) is 5.48. The van der Waals surface area contributed by atoms with Crippen LogP contribution in [0.25, 0.3) is 0 Å². The maximum Gasteiger partial charge on any atom is 0.330 e. The molecule has 0 aliphatic carbocycles. The van der Waals surface area contributed by atoms with Crippen molar-refractivity contribution < 1.29 is 14.9 Å². The Balaban J connectivity index is 2.64. The third-order valence-electron chi connectivity index (χ3n) is 3.76. The zero-order valence-electron chi connectivity index (χ0n) is 12.1. The zero-order valence-corrected chi connectivity index (χ0v) is 12.1. The summed E-state index contributed by atoms with van der Waals surface area (Å²) in [5, 5.41) is 19.6. The van der Waals surface area contributed by atoms with Crippen LogP contribution in [0.15, 0.2) is 15.7 Å². The Morgan fingerprint density at radius 2 is 2.19 bits per heavy atom. The summed E-state index contributed by atoms with van der Waals surface area (Å²) in [5.74, 6) is 5.58. The van der Waals surface area contributed by atoms with Crippen molar-refractivity contribution in [1.82, 2.24) is 9.55 Å². The molecule has 1 aliphatic rings. The number of hydrogen-bond donors (Lipinski definition) is 3. The number of aliphatic hydroxyl groups is 2. The van der Waals surface area contributed by atoms with Crippen LogP contribution in [0.2, 0.25) is 0 Å². The number of aryl methyl sites for hydroxylation is 1. The van der Waals surface area contributed by atoms with Gasteiger partial charge in [-0.3, -0.25) is 14.3 Å². The monoisotopic (exact) mass is 294 g/mol. The number of rotatable bonds is 2. The van der Waals surface area contributed by atoms with Crippen molar-refractivity contribution in [3.05, 3.63) is 32.6 Å². The molecule has 21 heavy (non-hydrogen) atoms. The average molecular weight is 294 g/mol. The van der Waals surface area contributed by atoms with Gasteiger partial charge in [0.05, 0.1) is 6.61 Å². The molecule has 0 aromatic carbocycles. The molecule has 0 radical (unpaired) electrons. The van der Waals surface area contributed by atoms with Crippen LogP contribution in [0.5, 0.6) is 0 Å². The molecule has 0 spiro atoms. The van der Waals surface area contributed by atoms with Gasteiger partial charge in [0.2, 0.25) is 0 Å². The number of aromatic nitrogens is 2. The molecule has 3 N–H and O–H groups in total. The van der Waals surface area contributed by atoms with E-state index in [1.165, 1.54) is 10.6 Å². The van der Waals surface area contributed by atoms with Gasteiger partial charge >= 0.3 is 5.69 Å². The summed E-state index contributed by atoms with van der Waals surface area (Å²) in [6.45, 7) is 4.48. The van der Waals surface area contributed by atoms with Crippen molar-refractivity contribution >= 4 is 0 Å². The van der Waals surface area contributed by atoms with Crippen LogP contribution in [0, 0.1) is 24.2 Å². The van der Waals surface area contributed by atoms with Gasteiger partial charge in [-0.25, -0.2) is 4.79 Å². The number of ether oxygens (including phenoxy) is 1. The van der Waals surface area contributed by atoms with Crippen molar-refractivity contribution in [3.63, 3.8) is 0 Å². The number of H-pyrrole nitrogens is 1. The zero-order chi connectivity index (χ0) is 15.8. The standard InChI is InChI=1S/C14H18N2O5/c1-4-5-14(3)11(19)9(7-17)21-12(14)16-8(2)6-10(18)15-13(16)20/h6,9,11-12,17,19H,7H2,1-3H3,(H,15,18,20)/t9-,11?,12-,14+/m1/s1. The van der Waals surface area contributed by atoms with E-state index >= 15 is 0 Å². The first kappa shape index (κ1) is 15.5. The highest BCUT2D eigenvalue weighted by Gasteiger charge is 2.53. The van der Waals surface area contributed by atoms with Crippen molar-refractivity contribution in [2.75, 3.05) is 6.61 Å². The predicted molar refractivity (Wildman–Crippen MR) is 74.6 cm³/mol. The van der Waals surface area contributed by atoms with E-state index in [9.17, 15) is 19.8 Å². The van der Waals surface area contributed by atoms with Crippen LogP contribution in [0.1, 0.15) is 25.8 Å². The fraction of sp³-hybridized carbons (Fsp3) is 0.571. The first-order valence-electron chi connectivity index (χ1n) is 6.56. The van der Waals surface area contributed by atoms with Crippen LogP contribution in [-0.2, 0) is 4.74 Å². The molecule has 1 unspecified atom stereocenters. The highest BCUT2D eigenvalue weighted by atomic mass is 16.5. The Bertz CT molecular complexity index is 711. The van der Waals surface area contributed by atoms with Crippen LogP contribution in [0.4, 0.5) is 0 Å². The van der Waals surface area contributed by atoms with Crippen LogP contribution in [-0.4, -0.2) is 38.6 Å². The van der Waals surface area contributed by atoms with Gasteiger partial charge in [-0.05, 0) is 20.8 Å². The molecule has 1 saturated heterocycles. The molecule has 1 aromatic heterocycles. The topological polar surface area (TPSA) is 105 Å². The van der Waals surface area contributed by atoms with Crippen LogP contribution in [0.3, 0.4) is 0 Å². The van der Waals surface area contributed by atoms with E-state index in [1.807, 2.05) is 0 Å². The summed E-state index contributed by atoms with van der Waals surface area (Å²) >= 11 is 0. The van der Waals surface area contributed by atoms with Gasteiger partial charge in [0, 0.05) is 11.8 Å². The Morgan fingerprint density at radius 3 is 2.71 bits per heavy atom. The molecule has 114 valence electrons. The van der Waals surface area contributed by atoms with E-state index in [0.717, 1.165) is 0 Å². The fourth-order valence-corrected chi connectivity index (χ4v) is 2.70.